The fourth-order valence-corrected chi connectivity index (χ4v) is 3.22. The zero-order valence-electron chi connectivity index (χ0n) is 11.7. The van der Waals surface area contributed by atoms with Crippen LogP contribution in [0.2, 0.25) is 5.02 Å². The normalized spacial score (nSPS) is 11.4. The van der Waals surface area contributed by atoms with Crippen molar-refractivity contribution in [2.45, 2.75) is 11.8 Å². The summed E-state index contributed by atoms with van der Waals surface area (Å²) in [5.74, 6) is 0.213. The predicted molar refractivity (Wildman–Crippen MR) is 82.0 cm³/mol. The van der Waals surface area contributed by atoms with Gasteiger partial charge in [0, 0.05) is 24.4 Å². The molecular formula is C14H15ClN2O3S. The summed E-state index contributed by atoms with van der Waals surface area (Å²) in [6, 6.07) is 9.64. The molecule has 0 aliphatic rings. The van der Waals surface area contributed by atoms with Crippen LogP contribution < -0.4 is 4.31 Å². The molecule has 21 heavy (non-hydrogen) atoms. The Bertz CT molecular complexity index is 717. The van der Waals surface area contributed by atoms with Crippen LogP contribution in [0, 0.1) is 6.92 Å². The molecule has 5 nitrogen and oxygen atoms in total. The number of aromatic nitrogens is 1. The number of benzene rings is 1. The molecule has 0 atom stereocenters. The number of sulfonamides is 1. The van der Waals surface area contributed by atoms with Gasteiger partial charge in [0.1, 0.15) is 12.5 Å². The fourth-order valence-electron chi connectivity index (χ4n) is 1.74. The van der Waals surface area contributed by atoms with E-state index in [-0.39, 0.29) is 17.4 Å². The van der Waals surface area contributed by atoms with Crippen molar-refractivity contribution in [1.82, 2.24) is 4.98 Å². The van der Waals surface area contributed by atoms with Gasteiger partial charge in [-0.2, -0.15) is 0 Å². The predicted octanol–water partition coefficient (Wildman–Crippen LogP) is 2.84. The minimum Gasteiger partial charge on any atom is -0.363 e. The Morgan fingerprint density at radius 3 is 2.48 bits per heavy atom. The molecule has 0 radical (unpaired) electrons. The average Bonchev–Trinajstić information content (AvgIpc) is 2.45. The van der Waals surface area contributed by atoms with Crippen LogP contribution in [0.5, 0.6) is 0 Å². The summed E-state index contributed by atoms with van der Waals surface area (Å²) in [7, 11) is -2.34. The molecule has 0 N–H and O–H groups in total. The lowest BCUT2D eigenvalue weighted by Gasteiger charge is -2.22. The smallest absolute Gasteiger partial charge is 0.267 e. The molecule has 0 unspecified atom stereocenters. The third-order valence-corrected chi connectivity index (χ3v) is 4.79. The number of methoxy groups -OCH3 is 1. The van der Waals surface area contributed by atoms with Crippen LogP contribution in [0.1, 0.15) is 5.56 Å². The Balaban J connectivity index is 2.48. The lowest BCUT2D eigenvalue weighted by atomic mass is 10.2. The fraction of sp³-hybridized carbons (Fsp3) is 0.214. The van der Waals surface area contributed by atoms with Gasteiger partial charge in [-0.3, -0.25) is 0 Å². The van der Waals surface area contributed by atoms with E-state index >= 15 is 0 Å². The van der Waals surface area contributed by atoms with Crippen molar-refractivity contribution in [3.63, 3.8) is 0 Å². The van der Waals surface area contributed by atoms with Gasteiger partial charge in [0.2, 0.25) is 0 Å². The van der Waals surface area contributed by atoms with Gasteiger partial charge in [-0.15, -0.1) is 0 Å². The third kappa shape index (κ3) is 3.53. The van der Waals surface area contributed by atoms with E-state index in [4.69, 9.17) is 16.3 Å². The molecule has 0 saturated carbocycles. The number of anilines is 1. The van der Waals surface area contributed by atoms with E-state index in [0.29, 0.717) is 5.02 Å². The number of ether oxygens (including phenoxy) is 1. The number of nitrogens with zero attached hydrogens (tertiary/aromatic N) is 2. The first kappa shape index (κ1) is 15.8. The van der Waals surface area contributed by atoms with Crippen LogP contribution in [0.3, 0.4) is 0 Å². The lowest BCUT2D eigenvalue weighted by Crippen LogP contribution is -2.33. The first-order chi connectivity index (χ1) is 9.95. The lowest BCUT2D eigenvalue weighted by molar-refractivity contribution is 0.209. The zero-order valence-corrected chi connectivity index (χ0v) is 13.2. The quantitative estimate of drug-likeness (QED) is 0.793. The molecule has 2 aromatic rings. The maximum atomic E-state index is 12.7. The topological polar surface area (TPSA) is 59.5 Å². The van der Waals surface area contributed by atoms with Crippen molar-refractivity contribution in [3.8, 4) is 0 Å². The van der Waals surface area contributed by atoms with Crippen LogP contribution in [-0.4, -0.2) is 27.2 Å². The minimum atomic E-state index is -3.76. The second-order valence-electron chi connectivity index (χ2n) is 4.42. The summed E-state index contributed by atoms with van der Waals surface area (Å²) < 4.78 is 31.5. The Kier molecular flexibility index (Phi) is 4.82. The Labute approximate surface area is 129 Å². The van der Waals surface area contributed by atoms with Gasteiger partial charge in [0.05, 0.1) is 4.90 Å². The molecule has 0 fully saturated rings. The van der Waals surface area contributed by atoms with Crippen molar-refractivity contribution >= 4 is 27.4 Å². The third-order valence-electron chi connectivity index (χ3n) is 2.82. The van der Waals surface area contributed by atoms with Crippen LogP contribution in [0.4, 0.5) is 5.82 Å². The number of halogens is 1. The summed E-state index contributed by atoms with van der Waals surface area (Å²) >= 11 is 5.90. The SMILES string of the molecule is COCN(c1cc(Cl)ccn1)S(=O)(=O)c1ccc(C)cc1. The van der Waals surface area contributed by atoms with Gasteiger partial charge < -0.3 is 4.74 Å². The highest BCUT2D eigenvalue weighted by Crippen LogP contribution is 2.24. The molecule has 0 saturated heterocycles. The van der Waals surface area contributed by atoms with Crippen molar-refractivity contribution in [2.75, 3.05) is 18.1 Å². The molecule has 2 rings (SSSR count). The van der Waals surface area contributed by atoms with Gasteiger partial charge in [-0.25, -0.2) is 17.7 Å². The largest absolute Gasteiger partial charge is 0.363 e. The van der Waals surface area contributed by atoms with Gasteiger partial charge in [-0.05, 0) is 25.1 Å². The van der Waals surface area contributed by atoms with Crippen LogP contribution >= 0.6 is 11.6 Å². The van der Waals surface area contributed by atoms with E-state index in [0.717, 1.165) is 9.87 Å². The summed E-state index contributed by atoms with van der Waals surface area (Å²) in [6.45, 7) is 1.74. The Morgan fingerprint density at radius 1 is 1.24 bits per heavy atom. The number of hydrogen-bond donors (Lipinski definition) is 0. The van der Waals surface area contributed by atoms with E-state index in [2.05, 4.69) is 4.98 Å². The standard InChI is InChI=1S/C14H15ClN2O3S/c1-11-3-5-13(6-4-11)21(18,19)17(10-20-2)14-9-12(15)7-8-16-14/h3-9H,10H2,1-2H3. The van der Waals surface area contributed by atoms with E-state index in [9.17, 15) is 8.42 Å². The van der Waals surface area contributed by atoms with Gasteiger partial charge in [-0.1, -0.05) is 29.3 Å². The number of pyridine rings is 1. The van der Waals surface area contributed by atoms with Crippen molar-refractivity contribution in [2.24, 2.45) is 0 Å². The van der Waals surface area contributed by atoms with Gasteiger partial charge in [0.15, 0.2) is 0 Å². The van der Waals surface area contributed by atoms with Crippen LogP contribution in [0.15, 0.2) is 47.5 Å². The first-order valence-corrected chi connectivity index (χ1v) is 7.97. The summed E-state index contributed by atoms with van der Waals surface area (Å²) in [6.07, 6.45) is 1.45. The molecule has 7 heteroatoms. The molecule has 0 bridgehead atoms. The van der Waals surface area contributed by atoms with E-state index in [1.807, 2.05) is 6.92 Å². The highest BCUT2D eigenvalue weighted by Gasteiger charge is 2.25. The highest BCUT2D eigenvalue weighted by atomic mass is 35.5. The Hall–Kier alpha value is -1.63. The van der Waals surface area contributed by atoms with Crippen molar-refractivity contribution < 1.29 is 13.2 Å². The van der Waals surface area contributed by atoms with Crippen LogP contribution in [-0.2, 0) is 14.8 Å². The van der Waals surface area contributed by atoms with Gasteiger partial charge >= 0.3 is 0 Å². The first-order valence-electron chi connectivity index (χ1n) is 6.15. The van der Waals surface area contributed by atoms with Crippen molar-refractivity contribution in [1.29, 1.82) is 0 Å². The summed E-state index contributed by atoms with van der Waals surface area (Å²) in [5, 5.41) is 0.403. The average molecular weight is 327 g/mol. The molecule has 0 amide bonds. The monoisotopic (exact) mass is 326 g/mol. The second kappa shape index (κ2) is 6.43. The molecular weight excluding hydrogens is 312 g/mol. The summed E-state index contributed by atoms with van der Waals surface area (Å²) in [4.78, 5) is 4.22. The second-order valence-corrected chi connectivity index (χ2v) is 6.72. The number of rotatable bonds is 5. The van der Waals surface area contributed by atoms with Gasteiger partial charge in [0.25, 0.3) is 10.0 Å². The molecule has 0 aliphatic heterocycles. The molecule has 112 valence electrons. The maximum Gasteiger partial charge on any atom is 0.267 e. The highest BCUT2D eigenvalue weighted by molar-refractivity contribution is 7.92. The molecule has 1 aromatic heterocycles. The minimum absolute atomic E-state index is 0.149. The van der Waals surface area contributed by atoms with E-state index < -0.39 is 10.0 Å². The zero-order chi connectivity index (χ0) is 15.5. The molecule has 0 spiro atoms. The molecule has 0 aliphatic carbocycles. The maximum absolute atomic E-state index is 12.7. The van der Waals surface area contributed by atoms with Crippen molar-refractivity contribution in [3.05, 3.63) is 53.2 Å². The summed E-state index contributed by atoms with van der Waals surface area (Å²) in [5.41, 5.74) is 0.980. The molecule has 1 aromatic carbocycles. The van der Waals surface area contributed by atoms with E-state index in [1.165, 1.54) is 19.4 Å². The van der Waals surface area contributed by atoms with Crippen LogP contribution in [0.25, 0.3) is 0 Å². The Morgan fingerprint density at radius 2 is 1.90 bits per heavy atom. The molecule has 1 heterocycles. The van der Waals surface area contributed by atoms with E-state index in [1.54, 1.807) is 30.3 Å². The number of hydrogen-bond acceptors (Lipinski definition) is 4. The number of aryl methyl sites for hydroxylation is 1.